The van der Waals surface area contributed by atoms with Gasteiger partial charge in [-0.3, -0.25) is 4.79 Å². The van der Waals surface area contributed by atoms with E-state index in [0.717, 1.165) is 18.6 Å². The Bertz CT molecular complexity index is 511. The number of fused-ring (bicyclic) bond motifs is 1. The Morgan fingerprint density at radius 3 is 2.52 bits per heavy atom. The molecule has 2 aliphatic carbocycles. The maximum Gasteiger partial charge on any atom is 0.243 e. The van der Waals surface area contributed by atoms with E-state index in [1.807, 2.05) is 13.0 Å². The van der Waals surface area contributed by atoms with Crippen LogP contribution in [0.15, 0.2) is 35.4 Å². The summed E-state index contributed by atoms with van der Waals surface area (Å²) in [5.41, 5.74) is 5.09. The van der Waals surface area contributed by atoms with Crippen molar-refractivity contribution in [2.45, 2.75) is 45.4 Å². The van der Waals surface area contributed by atoms with Crippen LogP contribution in [0.3, 0.4) is 0 Å². The molecule has 21 heavy (non-hydrogen) atoms. The van der Waals surface area contributed by atoms with Gasteiger partial charge in [-0.05, 0) is 50.0 Å². The molecule has 2 saturated carbocycles. The summed E-state index contributed by atoms with van der Waals surface area (Å²) in [6.07, 6.45) is 6.93. The molecule has 0 radical (unpaired) electrons. The van der Waals surface area contributed by atoms with Crippen LogP contribution < -0.4 is 5.43 Å². The SMILES string of the molecule is C/C(CCc1ccccc1)=N/NC(=O)C1C2CCCCC21. The lowest BCUT2D eigenvalue weighted by molar-refractivity contribution is -0.122. The third-order valence-corrected chi connectivity index (χ3v) is 4.93. The van der Waals surface area contributed by atoms with E-state index in [1.54, 1.807) is 0 Å². The molecular formula is C18H24N2O. The first-order valence-corrected chi connectivity index (χ1v) is 8.12. The van der Waals surface area contributed by atoms with Crippen molar-refractivity contribution in [2.24, 2.45) is 22.9 Å². The van der Waals surface area contributed by atoms with Crippen molar-refractivity contribution >= 4 is 11.6 Å². The molecule has 3 heteroatoms. The molecule has 3 nitrogen and oxygen atoms in total. The highest BCUT2D eigenvalue weighted by molar-refractivity contribution is 5.86. The maximum absolute atomic E-state index is 12.1. The second-order valence-corrected chi connectivity index (χ2v) is 6.45. The van der Waals surface area contributed by atoms with Gasteiger partial charge < -0.3 is 0 Å². The Labute approximate surface area is 126 Å². The first kappa shape index (κ1) is 14.3. The van der Waals surface area contributed by atoms with Crippen LogP contribution in [0.5, 0.6) is 0 Å². The van der Waals surface area contributed by atoms with E-state index in [0.29, 0.717) is 11.8 Å². The fraction of sp³-hybridized carbons (Fsp3) is 0.556. The number of hydrogen-bond acceptors (Lipinski definition) is 2. The Morgan fingerprint density at radius 2 is 1.86 bits per heavy atom. The smallest absolute Gasteiger partial charge is 0.243 e. The molecule has 0 saturated heterocycles. The topological polar surface area (TPSA) is 41.5 Å². The van der Waals surface area contributed by atoms with Crippen LogP contribution in [0.4, 0.5) is 0 Å². The van der Waals surface area contributed by atoms with Gasteiger partial charge in [-0.15, -0.1) is 0 Å². The van der Waals surface area contributed by atoms with E-state index in [2.05, 4.69) is 34.8 Å². The summed E-state index contributed by atoms with van der Waals surface area (Å²) in [6, 6.07) is 10.4. The van der Waals surface area contributed by atoms with Crippen molar-refractivity contribution in [1.29, 1.82) is 0 Å². The lowest BCUT2D eigenvalue weighted by atomic mass is 10.0. The molecule has 1 amide bonds. The van der Waals surface area contributed by atoms with Crippen LogP contribution in [0.25, 0.3) is 0 Å². The minimum absolute atomic E-state index is 0.144. The van der Waals surface area contributed by atoms with Gasteiger partial charge in [0.2, 0.25) is 5.91 Å². The van der Waals surface area contributed by atoms with Gasteiger partial charge in [0.25, 0.3) is 0 Å². The summed E-state index contributed by atoms with van der Waals surface area (Å²) in [6.45, 7) is 1.99. The van der Waals surface area contributed by atoms with Crippen LogP contribution in [-0.4, -0.2) is 11.6 Å². The quantitative estimate of drug-likeness (QED) is 0.652. The van der Waals surface area contributed by atoms with Gasteiger partial charge in [-0.1, -0.05) is 43.2 Å². The number of hydrazone groups is 1. The first-order chi connectivity index (χ1) is 10.3. The van der Waals surface area contributed by atoms with Crippen LogP contribution in [0.1, 0.15) is 44.6 Å². The summed E-state index contributed by atoms with van der Waals surface area (Å²) >= 11 is 0. The van der Waals surface area contributed by atoms with E-state index in [1.165, 1.54) is 31.2 Å². The molecule has 2 aliphatic rings. The lowest BCUT2D eigenvalue weighted by Crippen LogP contribution is -2.22. The van der Waals surface area contributed by atoms with E-state index >= 15 is 0 Å². The zero-order chi connectivity index (χ0) is 14.7. The first-order valence-electron chi connectivity index (χ1n) is 8.12. The molecule has 1 aromatic carbocycles. The van der Waals surface area contributed by atoms with E-state index in [-0.39, 0.29) is 11.8 Å². The second-order valence-electron chi connectivity index (χ2n) is 6.45. The number of aryl methyl sites for hydroxylation is 1. The van der Waals surface area contributed by atoms with Gasteiger partial charge >= 0.3 is 0 Å². The number of nitrogens with zero attached hydrogens (tertiary/aromatic N) is 1. The van der Waals surface area contributed by atoms with Crippen molar-refractivity contribution in [3.05, 3.63) is 35.9 Å². The number of hydrogen-bond donors (Lipinski definition) is 1. The highest BCUT2D eigenvalue weighted by Gasteiger charge is 2.54. The standard InChI is InChI=1S/C18H24N2O/c1-13(11-12-14-7-3-2-4-8-14)19-20-18(21)17-15-9-5-6-10-16(15)17/h2-4,7-8,15-17H,5-6,9-12H2,1H3,(H,20,21)/b19-13-. The molecule has 0 bridgehead atoms. The largest absolute Gasteiger partial charge is 0.273 e. The van der Waals surface area contributed by atoms with E-state index in [4.69, 9.17) is 0 Å². The summed E-state index contributed by atoms with van der Waals surface area (Å²) < 4.78 is 0. The maximum atomic E-state index is 12.1. The van der Waals surface area contributed by atoms with Crippen LogP contribution >= 0.6 is 0 Å². The molecule has 112 valence electrons. The van der Waals surface area contributed by atoms with Crippen LogP contribution in [-0.2, 0) is 11.2 Å². The fourth-order valence-electron chi connectivity index (χ4n) is 3.63. The van der Waals surface area contributed by atoms with Crippen molar-refractivity contribution in [3.8, 4) is 0 Å². The van der Waals surface area contributed by atoms with Crippen molar-refractivity contribution in [1.82, 2.24) is 5.43 Å². The molecule has 1 aromatic rings. The summed E-state index contributed by atoms with van der Waals surface area (Å²) in [5.74, 6) is 1.70. The van der Waals surface area contributed by atoms with E-state index in [9.17, 15) is 4.79 Å². The molecule has 0 heterocycles. The Balaban J connectivity index is 1.44. The molecule has 3 rings (SSSR count). The van der Waals surface area contributed by atoms with Crippen molar-refractivity contribution in [3.63, 3.8) is 0 Å². The van der Waals surface area contributed by atoms with Gasteiger partial charge in [0.15, 0.2) is 0 Å². The van der Waals surface area contributed by atoms with Gasteiger partial charge in [0, 0.05) is 11.6 Å². The second kappa shape index (κ2) is 6.42. The minimum atomic E-state index is 0.144. The van der Waals surface area contributed by atoms with Crippen molar-refractivity contribution in [2.75, 3.05) is 0 Å². The number of benzene rings is 1. The van der Waals surface area contributed by atoms with Gasteiger partial charge in [0.05, 0.1) is 0 Å². The normalized spacial score (nSPS) is 27.9. The molecule has 0 aliphatic heterocycles. The van der Waals surface area contributed by atoms with Crippen LogP contribution in [0.2, 0.25) is 0 Å². The Kier molecular flexibility index (Phi) is 4.37. The van der Waals surface area contributed by atoms with Gasteiger partial charge in [-0.25, -0.2) is 5.43 Å². The van der Waals surface area contributed by atoms with Crippen LogP contribution in [0, 0.1) is 17.8 Å². The molecule has 2 atom stereocenters. The molecule has 2 unspecified atom stereocenters. The lowest BCUT2D eigenvalue weighted by Gasteiger charge is -2.04. The molecule has 0 aromatic heterocycles. The predicted molar refractivity (Wildman–Crippen MR) is 85.0 cm³/mol. The number of nitrogens with one attached hydrogen (secondary N) is 1. The Morgan fingerprint density at radius 1 is 1.19 bits per heavy atom. The average Bonchev–Trinajstić information content (AvgIpc) is 3.26. The molecular weight excluding hydrogens is 260 g/mol. The monoisotopic (exact) mass is 284 g/mol. The van der Waals surface area contributed by atoms with Gasteiger partial charge in [-0.2, -0.15) is 5.10 Å². The number of carbonyl (C=O) groups excluding carboxylic acids is 1. The molecule has 1 N–H and O–H groups in total. The number of rotatable bonds is 5. The summed E-state index contributed by atoms with van der Waals surface area (Å²) in [7, 11) is 0. The summed E-state index contributed by atoms with van der Waals surface area (Å²) in [5, 5.41) is 4.28. The predicted octanol–water partition coefficient (Wildman–Crippen LogP) is 3.55. The number of amides is 1. The molecule has 0 spiro atoms. The average molecular weight is 284 g/mol. The summed E-state index contributed by atoms with van der Waals surface area (Å²) in [4.78, 5) is 12.1. The third kappa shape index (κ3) is 3.52. The zero-order valence-corrected chi connectivity index (χ0v) is 12.7. The van der Waals surface area contributed by atoms with Crippen molar-refractivity contribution < 1.29 is 4.79 Å². The third-order valence-electron chi connectivity index (χ3n) is 4.93. The highest BCUT2D eigenvalue weighted by atomic mass is 16.2. The molecule has 2 fully saturated rings. The zero-order valence-electron chi connectivity index (χ0n) is 12.7. The minimum Gasteiger partial charge on any atom is -0.273 e. The van der Waals surface area contributed by atoms with E-state index < -0.39 is 0 Å². The Hall–Kier alpha value is -1.64. The highest BCUT2D eigenvalue weighted by Crippen LogP contribution is 2.55. The number of carbonyl (C=O) groups is 1. The fourth-order valence-corrected chi connectivity index (χ4v) is 3.63. The van der Waals surface area contributed by atoms with Gasteiger partial charge in [0.1, 0.15) is 0 Å².